The van der Waals surface area contributed by atoms with Crippen molar-refractivity contribution in [3.63, 3.8) is 0 Å². The summed E-state index contributed by atoms with van der Waals surface area (Å²) in [5.41, 5.74) is 3.17. The fraction of sp³-hybridized carbons (Fsp3) is 0.188. The van der Waals surface area contributed by atoms with Gasteiger partial charge in [0.2, 0.25) is 0 Å². The summed E-state index contributed by atoms with van der Waals surface area (Å²) in [5, 5.41) is 0. The van der Waals surface area contributed by atoms with Gasteiger partial charge in [0.1, 0.15) is 0 Å². The van der Waals surface area contributed by atoms with E-state index in [9.17, 15) is 4.79 Å². The van der Waals surface area contributed by atoms with Crippen LogP contribution in [0.25, 0.3) is 0 Å². The van der Waals surface area contributed by atoms with Gasteiger partial charge in [-0.1, -0.05) is 61.5 Å². The molecule has 0 aromatic heterocycles. The van der Waals surface area contributed by atoms with E-state index in [4.69, 9.17) is 0 Å². The molecule has 0 radical (unpaired) electrons. The third kappa shape index (κ3) is 3.04. The van der Waals surface area contributed by atoms with Crippen molar-refractivity contribution in [2.45, 2.75) is 19.8 Å². The van der Waals surface area contributed by atoms with E-state index in [1.165, 1.54) is 5.56 Å². The predicted octanol–water partition coefficient (Wildman–Crippen LogP) is 3.67. The minimum absolute atomic E-state index is 0.176. The van der Waals surface area contributed by atoms with Gasteiger partial charge in [-0.05, 0) is 17.5 Å². The monoisotopic (exact) mass is 224 g/mol. The van der Waals surface area contributed by atoms with E-state index >= 15 is 0 Å². The summed E-state index contributed by atoms with van der Waals surface area (Å²) in [6.45, 7) is 2.13. The molecule has 2 rings (SSSR count). The second kappa shape index (κ2) is 5.44. The molecule has 0 spiro atoms. The Kier molecular flexibility index (Phi) is 3.71. The SMILES string of the molecule is CCc1ccc(CC(=O)c2ccccc2)cc1. The van der Waals surface area contributed by atoms with Crippen LogP contribution in [0, 0.1) is 0 Å². The highest BCUT2D eigenvalue weighted by Crippen LogP contribution is 2.09. The van der Waals surface area contributed by atoms with Crippen molar-refractivity contribution in [3.05, 3.63) is 71.3 Å². The maximum atomic E-state index is 12.0. The summed E-state index contributed by atoms with van der Waals surface area (Å²) in [6.07, 6.45) is 1.51. The zero-order valence-corrected chi connectivity index (χ0v) is 10.0. The summed E-state index contributed by atoms with van der Waals surface area (Å²) in [7, 11) is 0. The number of aryl methyl sites for hydroxylation is 1. The topological polar surface area (TPSA) is 17.1 Å². The van der Waals surface area contributed by atoms with Crippen LogP contribution < -0.4 is 0 Å². The zero-order chi connectivity index (χ0) is 12.1. The smallest absolute Gasteiger partial charge is 0.167 e. The number of rotatable bonds is 4. The van der Waals surface area contributed by atoms with Crippen molar-refractivity contribution in [3.8, 4) is 0 Å². The van der Waals surface area contributed by atoms with Crippen LogP contribution in [0.2, 0.25) is 0 Å². The number of ketones is 1. The number of hydrogen-bond donors (Lipinski definition) is 0. The first-order chi connectivity index (χ1) is 8.29. The predicted molar refractivity (Wildman–Crippen MR) is 70.3 cm³/mol. The molecule has 17 heavy (non-hydrogen) atoms. The molecule has 1 nitrogen and oxygen atoms in total. The Hall–Kier alpha value is -1.89. The van der Waals surface area contributed by atoms with Gasteiger partial charge in [0, 0.05) is 12.0 Å². The molecule has 0 bridgehead atoms. The number of benzene rings is 2. The lowest BCUT2D eigenvalue weighted by Crippen LogP contribution is -2.03. The van der Waals surface area contributed by atoms with E-state index < -0.39 is 0 Å². The minimum atomic E-state index is 0.176. The zero-order valence-electron chi connectivity index (χ0n) is 10.0. The van der Waals surface area contributed by atoms with E-state index in [1.807, 2.05) is 42.5 Å². The van der Waals surface area contributed by atoms with E-state index in [0.717, 1.165) is 17.5 Å². The Morgan fingerprint density at radius 1 is 0.882 bits per heavy atom. The van der Waals surface area contributed by atoms with Gasteiger partial charge < -0.3 is 0 Å². The van der Waals surface area contributed by atoms with Crippen molar-refractivity contribution in [2.75, 3.05) is 0 Å². The molecule has 0 aliphatic rings. The average molecular weight is 224 g/mol. The summed E-state index contributed by atoms with van der Waals surface area (Å²) in [4.78, 5) is 12.0. The number of Topliss-reactive ketones (excluding diaryl/α,β-unsaturated/α-hetero) is 1. The van der Waals surface area contributed by atoms with Gasteiger partial charge in [-0.2, -0.15) is 0 Å². The highest BCUT2D eigenvalue weighted by molar-refractivity contribution is 5.97. The Morgan fingerprint density at radius 2 is 1.47 bits per heavy atom. The van der Waals surface area contributed by atoms with Crippen LogP contribution in [0.15, 0.2) is 54.6 Å². The van der Waals surface area contributed by atoms with E-state index in [0.29, 0.717) is 6.42 Å². The first-order valence-electron chi connectivity index (χ1n) is 5.95. The third-order valence-corrected chi connectivity index (χ3v) is 2.89. The van der Waals surface area contributed by atoms with Crippen LogP contribution in [0.5, 0.6) is 0 Å². The van der Waals surface area contributed by atoms with Crippen LogP contribution in [-0.2, 0) is 12.8 Å². The molecule has 0 heterocycles. The fourth-order valence-electron chi connectivity index (χ4n) is 1.80. The summed E-state index contributed by atoms with van der Waals surface area (Å²) in [5.74, 6) is 0.176. The van der Waals surface area contributed by atoms with E-state index in [2.05, 4.69) is 19.1 Å². The Balaban J connectivity index is 2.08. The lowest BCUT2D eigenvalue weighted by molar-refractivity contribution is 0.0993. The van der Waals surface area contributed by atoms with Gasteiger partial charge >= 0.3 is 0 Å². The Morgan fingerprint density at radius 3 is 2.06 bits per heavy atom. The van der Waals surface area contributed by atoms with Crippen LogP contribution in [0.3, 0.4) is 0 Å². The maximum Gasteiger partial charge on any atom is 0.167 e. The van der Waals surface area contributed by atoms with Crippen LogP contribution in [0.4, 0.5) is 0 Å². The van der Waals surface area contributed by atoms with Crippen molar-refractivity contribution in [1.29, 1.82) is 0 Å². The second-order valence-corrected chi connectivity index (χ2v) is 4.14. The lowest BCUT2D eigenvalue weighted by atomic mass is 10.0. The number of hydrogen-bond acceptors (Lipinski definition) is 1. The van der Waals surface area contributed by atoms with Crippen molar-refractivity contribution < 1.29 is 4.79 Å². The van der Waals surface area contributed by atoms with Gasteiger partial charge in [-0.25, -0.2) is 0 Å². The number of carbonyl (C=O) groups excluding carboxylic acids is 1. The molecule has 0 aliphatic carbocycles. The summed E-state index contributed by atoms with van der Waals surface area (Å²) >= 11 is 0. The molecule has 2 aromatic rings. The molecular weight excluding hydrogens is 208 g/mol. The Labute approximate surface area is 102 Å². The molecule has 0 amide bonds. The van der Waals surface area contributed by atoms with Gasteiger partial charge in [-0.3, -0.25) is 4.79 Å². The van der Waals surface area contributed by atoms with Crippen molar-refractivity contribution in [1.82, 2.24) is 0 Å². The van der Waals surface area contributed by atoms with Crippen molar-refractivity contribution >= 4 is 5.78 Å². The lowest BCUT2D eigenvalue weighted by Gasteiger charge is -2.02. The molecule has 0 saturated carbocycles. The summed E-state index contributed by atoms with van der Waals surface area (Å²) < 4.78 is 0. The molecule has 2 aromatic carbocycles. The van der Waals surface area contributed by atoms with E-state index in [-0.39, 0.29) is 5.78 Å². The minimum Gasteiger partial charge on any atom is -0.294 e. The largest absolute Gasteiger partial charge is 0.294 e. The third-order valence-electron chi connectivity index (χ3n) is 2.89. The first-order valence-corrected chi connectivity index (χ1v) is 5.95. The second-order valence-electron chi connectivity index (χ2n) is 4.14. The average Bonchev–Trinajstić information content (AvgIpc) is 2.40. The quantitative estimate of drug-likeness (QED) is 0.724. The number of carbonyl (C=O) groups is 1. The van der Waals surface area contributed by atoms with E-state index in [1.54, 1.807) is 0 Å². The first kappa shape index (κ1) is 11.6. The molecule has 0 unspecified atom stereocenters. The molecule has 0 N–H and O–H groups in total. The van der Waals surface area contributed by atoms with Gasteiger partial charge in [-0.15, -0.1) is 0 Å². The molecule has 0 fully saturated rings. The molecule has 0 saturated heterocycles. The normalized spacial score (nSPS) is 10.2. The molecule has 0 aliphatic heterocycles. The Bertz CT molecular complexity index is 483. The maximum absolute atomic E-state index is 12.0. The highest BCUT2D eigenvalue weighted by Gasteiger charge is 2.05. The van der Waals surface area contributed by atoms with Gasteiger partial charge in [0.05, 0.1) is 0 Å². The highest BCUT2D eigenvalue weighted by atomic mass is 16.1. The summed E-state index contributed by atoms with van der Waals surface area (Å²) in [6, 6.07) is 17.7. The standard InChI is InChI=1S/C16H16O/c1-2-13-8-10-14(11-9-13)12-16(17)15-6-4-3-5-7-15/h3-11H,2,12H2,1H3. The molecule has 1 heteroatoms. The fourth-order valence-corrected chi connectivity index (χ4v) is 1.80. The molecule has 86 valence electrons. The van der Waals surface area contributed by atoms with Gasteiger partial charge in [0.25, 0.3) is 0 Å². The van der Waals surface area contributed by atoms with Crippen LogP contribution in [-0.4, -0.2) is 5.78 Å². The van der Waals surface area contributed by atoms with Gasteiger partial charge in [0.15, 0.2) is 5.78 Å². The molecule has 0 atom stereocenters. The van der Waals surface area contributed by atoms with Crippen LogP contribution in [0.1, 0.15) is 28.4 Å². The molecular formula is C16H16O. The van der Waals surface area contributed by atoms with Crippen LogP contribution >= 0.6 is 0 Å². The van der Waals surface area contributed by atoms with Crippen molar-refractivity contribution in [2.24, 2.45) is 0 Å².